The Morgan fingerprint density at radius 1 is 1.53 bits per heavy atom. The molecule has 0 aliphatic carbocycles. The maximum Gasteiger partial charge on any atom is 0.221 e. The van der Waals surface area contributed by atoms with Crippen LogP contribution < -0.4 is 5.32 Å². The quantitative estimate of drug-likeness (QED) is 0.721. The fourth-order valence-electron chi connectivity index (χ4n) is 1.41. The SMILES string of the molecule is O=C(CCn1ccnc1)NCCc1ncn[nH]1. The molecule has 0 fully saturated rings. The van der Waals surface area contributed by atoms with Crippen molar-refractivity contribution in [1.82, 2.24) is 30.0 Å². The van der Waals surface area contributed by atoms with E-state index in [4.69, 9.17) is 0 Å². The van der Waals surface area contributed by atoms with E-state index < -0.39 is 0 Å². The molecular formula is C10H14N6O. The first-order valence-corrected chi connectivity index (χ1v) is 5.41. The lowest BCUT2D eigenvalue weighted by Crippen LogP contribution is -2.26. The number of carbonyl (C=O) groups excluding carboxylic acids is 1. The van der Waals surface area contributed by atoms with Crippen LogP contribution in [0.4, 0.5) is 0 Å². The molecule has 0 aliphatic rings. The van der Waals surface area contributed by atoms with Crippen LogP contribution >= 0.6 is 0 Å². The van der Waals surface area contributed by atoms with Crippen molar-refractivity contribution >= 4 is 5.91 Å². The first-order valence-electron chi connectivity index (χ1n) is 5.41. The van der Waals surface area contributed by atoms with E-state index in [1.54, 1.807) is 12.5 Å². The third-order valence-electron chi connectivity index (χ3n) is 2.31. The monoisotopic (exact) mass is 234 g/mol. The van der Waals surface area contributed by atoms with Gasteiger partial charge in [0.05, 0.1) is 6.33 Å². The van der Waals surface area contributed by atoms with E-state index in [9.17, 15) is 4.79 Å². The standard InChI is InChI=1S/C10H14N6O/c17-10(2-5-16-6-4-11-8-16)12-3-1-9-13-7-14-15-9/h4,6-8H,1-3,5H2,(H,12,17)(H,13,14,15). The zero-order chi connectivity index (χ0) is 11.9. The van der Waals surface area contributed by atoms with Crippen molar-refractivity contribution in [3.05, 3.63) is 30.9 Å². The molecule has 1 amide bonds. The second-order valence-corrected chi connectivity index (χ2v) is 3.58. The second kappa shape index (κ2) is 5.78. The fourth-order valence-corrected chi connectivity index (χ4v) is 1.41. The van der Waals surface area contributed by atoms with Gasteiger partial charge in [-0.15, -0.1) is 0 Å². The summed E-state index contributed by atoms with van der Waals surface area (Å²) in [5, 5.41) is 9.29. The van der Waals surface area contributed by atoms with E-state index in [1.165, 1.54) is 6.33 Å². The van der Waals surface area contributed by atoms with Crippen LogP contribution in [0.25, 0.3) is 0 Å². The van der Waals surface area contributed by atoms with Crippen molar-refractivity contribution in [2.75, 3.05) is 6.54 Å². The summed E-state index contributed by atoms with van der Waals surface area (Å²) in [6, 6.07) is 0. The molecular weight excluding hydrogens is 220 g/mol. The van der Waals surface area contributed by atoms with Crippen molar-refractivity contribution in [2.45, 2.75) is 19.4 Å². The van der Waals surface area contributed by atoms with Gasteiger partial charge >= 0.3 is 0 Å². The number of rotatable bonds is 6. The topological polar surface area (TPSA) is 88.5 Å². The molecule has 0 aliphatic heterocycles. The molecule has 2 rings (SSSR count). The summed E-state index contributed by atoms with van der Waals surface area (Å²) in [4.78, 5) is 19.4. The highest BCUT2D eigenvalue weighted by atomic mass is 16.1. The molecule has 2 heterocycles. The fraction of sp³-hybridized carbons (Fsp3) is 0.400. The molecule has 0 saturated carbocycles. The van der Waals surface area contributed by atoms with Crippen LogP contribution in [0.15, 0.2) is 25.0 Å². The number of aromatic amines is 1. The normalized spacial score (nSPS) is 10.4. The van der Waals surface area contributed by atoms with Crippen molar-refractivity contribution in [3.63, 3.8) is 0 Å². The molecule has 0 aromatic carbocycles. The molecule has 0 atom stereocenters. The number of carbonyl (C=O) groups is 1. The molecule has 7 heteroatoms. The minimum Gasteiger partial charge on any atom is -0.356 e. The Bertz CT molecular complexity index is 435. The number of hydrogen-bond acceptors (Lipinski definition) is 4. The second-order valence-electron chi connectivity index (χ2n) is 3.58. The number of amides is 1. The molecule has 0 saturated heterocycles. The Morgan fingerprint density at radius 2 is 2.47 bits per heavy atom. The van der Waals surface area contributed by atoms with Crippen LogP contribution in [0.3, 0.4) is 0 Å². The Kier molecular flexibility index (Phi) is 3.85. The van der Waals surface area contributed by atoms with Crippen LogP contribution in [-0.4, -0.2) is 37.2 Å². The summed E-state index contributed by atoms with van der Waals surface area (Å²) in [5.41, 5.74) is 0. The summed E-state index contributed by atoms with van der Waals surface area (Å²) in [6.07, 6.45) is 7.80. The highest BCUT2D eigenvalue weighted by Crippen LogP contribution is 1.91. The summed E-state index contributed by atoms with van der Waals surface area (Å²) < 4.78 is 1.87. The third-order valence-corrected chi connectivity index (χ3v) is 2.31. The van der Waals surface area contributed by atoms with Crippen molar-refractivity contribution in [3.8, 4) is 0 Å². The molecule has 0 spiro atoms. The lowest BCUT2D eigenvalue weighted by molar-refractivity contribution is -0.121. The zero-order valence-electron chi connectivity index (χ0n) is 9.33. The molecule has 17 heavy (non-hydrogen) atoms. The maximum absolute atomic E-state index is 11.5. The first kappa shape index (κ1) is 11.3. The summed E-state index contributed by atoms with van der Waals surface area (Å²) in [5.74, 6) is 0.804. The van der Waals surface area contributed by atoms with E-state index in [0.29, 0.717) is 25.9 Å². The lowest BCUT2D eigenvalue weighted by Gasteiger charge is -2.04. The van der Waals surface area contributed by atoms with Gasteiger partial charge in [0.25, 0.3) is 0 Å². The van der Waals surface area contributed by atoms with Crippen LogP contribution in [0.5, 0.6) is 0 Å². The Morgan fingerprint density at radius 3 is 3.18 bits per heavy atom. The Labute approximate surface area is 98.3 Å². The number of hydrogen-bond donors (Lipinski definition) is 2. The van der Waals surface area contributed by atoms with Gasteiger partial charge in [0.1, 0.15) is 12.2 Å². The van der Waals surface area contributed by atoms with E-state index in [0.717, 1.165) is 5.82 Å². The van der Waals surface area contributed by atoms with Gasteiger partial charge < -0.3 is 9.88 Å². The number of imidazole rings is 1. The first-order chi connectivity index (χ1) is 8.34. The van der Waals surface area contributed by atoms with E-state index in [1.807, 2.05) is 10.8 Å². The Hall–Kier alpha value is -2.18. The largest absolute Gasteiger partial charge is 0.356 e. The van der Waals surface area contributed by atoms with Crippen LogP contribution in [0.1, 0.15) is 12.2 Å². The van der Waals surface area contributed by atoms with Crippen molar-refractivity contribution < 1.29 is 4.79 Å². The smallest absolute Gasteiger partial charge is 0.221 e. The van der Waals surface area contributed by atoms with Gasteiger partial charge in [-0.25, -0.2) is 9.97 Å². The maximum atomic E-state index is 11.5. The number of nitrogens with zero attached hydrogens (tertiary/aromatic N) is 4. The minimum atomic E-state index is 0.0261. The van der Waals surface area contributed by atoms with Gasteiger partial charge in [-0.1, -0.05) is 0 Å². The average molecular weight is 234 g/mol. The highest BCUT2D eigenvalue weighted by molar-refractivity contribution is 5.75. The molecule has 0 bridgehead atoms. The molecule has 0 radical (unpaired) electrons. The molecule has 7 nitrogen and oxygen atoms in total. The van der Waals surface area contributed by atoms with Gasteiger partial charge in [-0.2, -0.15) is 5.10 Å². The van der Waals surface area contributed by atoms with Gasteiger partial charge in [-0.05, 0) is 0 Å². The molecule has 2 aromatic heterocycles. The number of aryl methyl sites for hydroxylation is 1. The van der Waals surface area contributed by atoms with Gasteiger partial charge in [0, 0.05) is 38.3 Å². The van der Waals surface area contributed by atoms with E-state index in [-0.39, 0.29) is 5.91 Å². The summed E-state index contributed by atoms with van der Waals surface area (Å²) in [7, 11) is 0. The molecule has 2 aromatic rings. The molecule has 90 valence electrons. The molecule has 2 N–H and O–H groups in total. The van der Waals surface area contributed by atoms with E-state index in [2.05, 4.69) is 25.5 Å². The van der Waals surface area contributed by atoms with Crippen LogP contribution in [0, 0.1) is 0 Å². The van der Waals surface area contributed by atoms with Crippen LogP contribution in [0.2, 0.25) is 0 Å². The van der Waals surface area contributed by atoms with Gasteiger partial charge in [-0.3, -0.25) is 9.89 Å². The number of H-pyrrole nitrogens is 1. The third kappa shape index (κ3) is 3.71. The minimum absolute atomic E-state index is 0.0261. The zero-order valence-corrected chi connectivity index (χ0v) is 9.33. The predicted octanol–water partition coefficient (Wildman–Crippen LogP) is -0.250. The van der Waals surface area contributed by atoms with E-state index >= 15 is 0 Å². The highest BCUT2D eigenvalue weighted by Gasteiger charge is 2.02. The summed E-state index contributed by atoms with van der Waals surface area (Å²) in [6.45, 7) is 1.21. The summed E-state index contributed by atoms with van der Waals surface area (Å²) >= 11 is 0. The number of nitrogens with one attached hydrogen (secondary N) is 2. The predicted molar refractivity (Wildman–Crippen MR) is 59.9 cm³/mol. The lowest BCUT2D eigenvalue weighted by atomic mass is 10.3. The van der Waals surface area contributed by atoms with Gasteiger partial charge in [0.15, 0.2) is 0 Å². The van der Waals surface area contributed by atoms with Gasteiger partial charge in [0.2, 0.25) is 5.91 Å². The van der Waals surface area contributed by atoms with Crippen molar-refractivity contribution in [2.24, 2.45) is 0 Å². The number of aromatic nitrogens is 5. The molecule has 0 unspecified atom stereocenters. The average Bonchev–Trinajstić information content (AvgIpc) is 2.99. The Balaban J connectivity index is 1.61. The van der Waals surface area contributed by atoms with Crippen LogP contribution in [-0.2, 0) is 17.8 Å². The van der Waals surface area contributed by atoms with Crippen molar-refractivity contribution in [1.29, 1.82) is 0 Å².